The Balaban J connectivity index is 1.52. The Morgan fingerprint density at radius 3 is 2.65 bits per heavy atom. The number of hydrogen-bond acceptors (Lipinski definition) is 6. The third-order valence-corrected chi connectivity index (χ3v) is 7.13. The number of rotatable bonds is 2. The van der Waals surface area contributed by atoms with Gasteiger partial charge in [0, 0.05) is 51.2 Å². The highest BCUT2D eigenvalue weighted by atomic mass is 32.2. The molecule has 2 amide bonds. The lowest BCUT2D eigenvalue weighted by Gasteiger charge is -2.45. The van der Waals surface area contributed by atoms with Crippen LogP contribution < -0.4 is 0 Å². The largest absolute Gasteiger partial charge is 0.378 e. The number of carbonyl (C=O) groups excluding carboxylic acids is 1. The molecule has 0 aliphatic carbocycles. The fourth-order valence-corrected chi connectivity index (χ4v) is 6.13. The molecular formula is C17H24N4O4S. The summed E-state index contributed by atoms with van der Waals surface area (Å²) in [6, 6.07) is 3.40. The van der Waals surface area contributed by atoms with Gasteiger partial charge in [0.1, 0.15) is 0 Å². The molecule has 0 aromatic carbocycles. The predicted octanol–water partition coefficient (Wildman–Crippen LogP) is -0.183. The van der Waals surface area contributed by atoms with Crippen LogP contribution in [0.4, 0.5) is 4.79 Å². The van der Waals surface area contributed by atoms with Crippen molar-refractivity contribution in [3.8, 4) is 0 Å². The molecule has 1 aromatic rings. The minimum absolute atomic E-state index is 0.0529. The molecule has 0 radical (unpaired) electrons. The summed E-state index contributed by atoms with van der Waals surface area (Å²) in [5, 5.41) is 0. The lowest BCUT2D eigenvalue weighted by Crippen LogP contribution is -2.63. The van der Waals surface area contributed by atoms with Gasteiger partial charge in [0.15, 0.2) is 9.84 Å². The Morgan fingerprint density at radius 1 is 1.15 bits per heavy atom. The minimum atomic E-state index is -3.15. The van der Waals surface area contributed by atoms with Gasteiger partial charge < -0.3 is 14.5 Å². The molecule has 3 aliphatic heterocycles. The zero-order valence-corrected chi connectivity index (χ0v) is 15.5. The standard InChI is InChI=1S/C17H24N4O4S/c22-17(19-6-8-25-9-7-19)21-5-4-20(11-14-2-1-3-18-10-14)15-12-26(23,24)13-16(15)21/h1-3,10,15-16H,4-9,11-13H2/t15-,16+/m1/s1. The molecule has 9 heteroatoms. The number of aromatic nitrogens is 1. The van der Waals surface area contributed by atoms with E-state index >= 15 is 0 Å². The summed E-state index contributed by atoms with van der Waals surface area (Å²) in [7, 11) is -3.15. The Hall–Kier alpha value is -1.71. The molecule has 4 rings (SSSR count). The Kier molecular flexibility index (Phi) is 4.85. The van der Waals surface area contributed by atoms with Crippen LogP contribution in [0.3, 0.4) is 0 Å². The maximum absolute atomic E-state index is 12.9. The molecule has 0 unspecified atom stereocenters. The molecule has 26 heavy (non-hydrogen) atoms. The maximum Gasteiger partial charge on any atom is 0.320 e. The zero-order valence-electron chi connectivity index (χ0n) is 14.7. The monoisotopic (exact) mass is 380 g/mol. The van der Waals surface area contributed by atoms with Crippen molar-refractivity contribution in [3.05, 3.63) is 30.1 Å². The van der Waals surface area contributed by atoms with Crippen molar-refractivity contribution in [2.45, 2.75) is 18.6 Å². The van der Waals surface area contributed by atoms with Crippen LogP contribution in [0.5, 0.6) is 0 Å². The van der Waals surface area contributed by atoms with Crippen LogP contribution in [0.2, 0.25) is 0 Å². The highest BCUT2D eigenvalue weighted by Gasteiger charge is 2.48. The molecule has 3 aliphatic rings. The van der Waals surface area contributed by atoms with Gasteiger partial charge in [-0.25, -0.2) is 13.2 Å². The van der Waals surface area contributed by atoms with E-state index in [-0.39, 0.29) is 29.6 Å². The Labute approximate surface area is 153 Å². The van der Waals surface area contributed by atoms with Crippen LogP contribution in [-0.4, -0.2) is 97.1 Å². The molecule has 0 saturated carbocycles. The summed E-state index contributed by atoms with van der Waals surface area (Å²) >= 11 is 0. The highest BCUT2D eigenvalue weighted by molar-refractivity contribution is 7.91. The minimum Gasteiger partial charge on any atom is -0.378 e. The normalized spacial score (nSPS) is 28.8. The van der Waals surface area contributed by atoms with E-state index in [1.807, 2.05) is 18.3 Å². The predicted molar refractivity (Wildman–Crippen MR) is 95.4 cm³/mol. The number of amides is 2. The Bertz CT molecular complexity index is 751. The van der Waals surface area contributed by atoms with Gasteiger partial charge in [0.2, 0.25) is 0 Å². The first-order valence-electron chi connectivity index (χ1n) is 9.00. The van der Waals surface area contributed by atoms with Gasteiger partial charge in [0.25, 0.3) is 0 Å². The van der Waals surface area contributed by atoms with Crippen LogP contribution in [0.15, 0.2) is 24.5 Å². The van der Waals surface area contributed by atoms with E-state index in [0.717, 1.165) is 5.56 Å². The van der Waals surface area contributed by atoms with Crippen molar-refractivity contribution in [1.29, 1.82) is 0 Å². The summed E-state index contributed by atoms with van der Waals surface area (Å²) in [6.07, 6.45) is 3.54. The van der Waals surface area contributed by atoms with Crippen LogP contribution in [0, 0.1) is 0 Å². The summed E-state index contributed by atoms with van der Waals surface area (Å²) < 4.78 is 30.0. The van der Waals surface area contributed by atoms with Gasteiger partial charge in [0.05, 0.1) is 30.8 Å². The third kappa shape index (κ3) is 3.56. The van der Waals surface area contributed by atoms with Crippen LogP contribution >= 0.6 is 0 Å². The number of sulfone groups is 1. The highest BCUT2D eigenvalue weighted by Crippen LogP contribution is 2.29. The smallest absolute Gasteiger partial charge is 0.320 e. The number of nitrogens with zero attached hydrogens (tertiary/aromatic N) is 4. The summed E-state index contributed by atoms with van der Waals surface area (Å²) in [5.74, 6) is 0.169. The number of fused-ring (bicyclic) bond motifs is 1. The van der Waals surface area contributed by atoms with Crippen molar-refractivity contribution >= 4 is 15.9 Å². The molecule has 0 spiro atoms. The second-order valence-corrected chi connectivity index (χ2v) is 9.27. The number of pyridine rings is 1. The average Bonchev–Trinajstić information content (AvgIpc) is 2.98. The Morgan fingerprint density at radius 2 is 1.92 bits per heavy atom. The van der Waals surface area contributed by atoms with Crippen LogP contribution in [-0.2, 0) is 21.1 Å². The van der Waals surface area contributed by atoms with Gasteiger partial charge in [-0.15, -0.1) is 0 Å². The number of piperazine rings is 1. The van der Waals surface area contributed by atoms with E-state index in [1.165, 1.54) is 0 Å². The van der Waals surface area contributed by atoms with E-state index in [4.69, 9.17) is 4.74 Å². The SMILES string of the molecule is O=C(N1CCOCC1)N1CCN(Cc2cccnc2)[C@@H]2CS(=O)(=O)C[C@@H]21. The molecule has 3 saturated heterocycles. The quantitative estimate of drug-likeness (QED) is 0.708. The molecule has 4 heterocycles. The molecular weight excluding hydrogens is 356 g/mol. The molecule has 2 atom stereocenters. The second kappa shape index (κ2) is 7.13. The first-order chi connectivity index (χ1) is 12.5. The molecule has 1 aromatic heterocycles. The molecule has 142 valence electrons. The van der Waals surface area contributed by atoms with E-state index < -0.39 is 9.84 Å². The number of hydrogen-bond donors (Lipinski definition) is 0. The van der Waals surface area contributed by atoms with Crippen molar-refractivity contribution in [1.82, 2.24) is 19.7 Å². The summed E-state index contributed by atoms with van der Waals surface area (Å²) in [4.78, 5) is 22.8. The van der Waals surface area contributed by atoms with Gasteiger partial charge in [-0.05, 0) is 11.6 Å². The number of ether oxygens (including phenoxy) is 1. The van der Waals surface area contributed by atoms with E-state index in [2.05, 4.69) is 9.88 Å². The van der Waals surface area contributed by atoms with Crippen molar-refractivity contribution in [2.24, 2.45) is 0 Å². The topological polar surface area (TPSA) is 83.1 Å². The first kappa shape index (κ1) is 17.7. The number of urea groups is 1. The van der Waals surface area contributed by atoms with Gasteiger partial charge in [-0.3, -0.25) is 9.88 Å². The number of morpholine rings is 1. The van der Waals surface area contributed by atoms with Crippen molar-refractivity contribution in [2.75, 3.05) is 50.9 Å². The van der Waals surface area contributed by atoms with Gasteiger partial charge in [-0.2, -0.15) is 0 Å². The third-order valence-electron chi connectivity index (χ3n) is 5.43. The fraction of sp³-hybridized carbons (Fsp3) is 0.647. The summed E-state index contributed by atoms with van der Waals surface area (Å²) in [6.45, 7) is 4.09. The van der Waals surface area contributed by atoms with E-state index in [0.29, 0.717) is 45.9 Å². The lowest BCUT2D eigenvalue weighted by molar-refractivity contribution is 0.0176. The molecule has 0 N–H and O–H groups in total. The fourth-order valence-electron chi connectivity index (χ4n) is 4.12. The van der Waals surface area contributed by atoms with E-state index in [1.54, 1.807) is 16.0 Å². The molecule has 8 nitrogen and oxygen atoms in total. The lowest BCUT2D eigenvalue weighted by atomic mass is 10.0. The van der Waals surface area contributed by atoms with Crippen molar-refractivity contribution in [3.63, 3.8) is 0 Å². The zero-order chi connectivity index (χ0) is 18.1. The van der Waals surface area contributed by atoms with Crippen molar-refractivity contribution < 1.29 is 17.9 Å². The van der Waals surface area contributed by atoms with E-state index in [9.17, 15) is 13.2 Å². The summed E-state index contributed by atoms with van der Waals surface area (Å²) in [5.41, 5.74) is 1.06. The molecule has 0 bridgehead atoms. The van der Waals surface area contributed by atoms with Crippen LogP contribution in [0.1, 0.15) is 5.56 Å². The number of carbonyl (C=O) groups is 1. The second-order valence-electron chi connectivity index (χ2n) is 7.12. The van der Waals surface area contributed by atoms with Gasteiger partial charge in [-0.1, -0.05) is 6.07 Å². The van der Waals surface area contributed by atoms with Gasteiger partial charge >= 0.3 is 6.03 Å². The maximum atomic E-state index is 12.9. The van der Waals surface area contributed by atoms with Crippen LogP contribution in [0.25, 0.3) is 0 Å². The first-order valence-corrected chi connectivity index (χ1v) is 10.8. The molecule has 3 fully saturated rings. The average molecular weight is 380 g/mol.